The molecule has 4 aliphatic rings. The van der Waals surface area contributed by atoms with Crippen LogP contribution in [-0.4, -0.2) is 17.6 Å². The van der Waals surface area contributed by atoms with Crippen molar-refractivity contribution in [1.29, 1.82) is 0 Å². The van der Waals surface area contributed by atoms with Gasteiger partial charge in [-0.2, -0.15) is 0 Å². The molecule has 3 nitrogen and oxygen atoms in total. The molecule has 15 heavy (non-hydrogen) atoms. The molecule has 4 bridgehead atoms. The molecule has 0 radical (unpaired) electrons. The molecule has 84 valence electrons. The summed E-state index contributed by atoms with van der Waals surface area (Å²) in [5.74, 6) is 0.849. The van der Waals surface area contributed by atoms with E-state index < -0.39 is 6.17 Å². The average molecular weight is 213 g/mol. The van der Waals surface area contributed by atoms with E-state index in [1.807, 2.05) is 0 Å². The Bertz CT molecular complexity index is 291. The third-order valence-electron chi connectivity index (χ3n) is 4.75. The van der Waals surface area contributed by atoms with Crippen molar-refractivity contribution in [3.63, 3.8) is 0 Å². The second-order valence-corrected chi connectivity index (χ2v) is 5.91. The SMILES string of the molecule is O=[N+]([O-])CC12CC3CC(C1)C(F)[C@@H](C3)C2. The third-order valence-corrected chi connectivity index (χ3v) is 4.75. The normalized spacial score (nSPS) is 52.1. The van der Waals surface area contributed by atoms with Crippen molar-refractivity contribution < 1.29 is 9.31 Å². The first kappa shape index (κ1) is 9.55. The van der Waals surface area contributed by atoms with Gasteiger partial charge in [0.25, 0.3) is 0 Å². The van der Waals surface area contributed by atoms with Crippen molar-refractivity contribution >= 4 is 0 Å². The van der Waals surface area contributed by atoms with Gasteiger partial charge in [-0.3, -0.25) is 10.1 Å². The van der Waals surface area contributed by atoms with Crippen LogP contribution in [0.3, 0.4) is 0 Å². The maximum atomic E-state index is 13.8. The van der Waals surface area contributed by atoms with Gasteiger partial charge < -0.3 is 0 Å². The molecule has 0 aliphatic heterocycles. The molecule has 4 saturated carbocycles. The molecule has 0 amide bonds. The van der Waals surface area contributed by atoms with Gasteiger partial charge in [0.05, 0.1) is 0 Å². The van der Waals surface area contributed by atoms with Crippen molar-refractivity contribution in [2.24, 2.45) is 23.2 Å². The summed E-state index contributed by atoms with van der Waals surface area (Å²) in [5, 5.41) is 10.7. The zero-order chi connectivity index (χ0) is 10.6. The van der Waals surface area contributed by atoms with E-state index in [2.05, 4.69) is 0 Å². The van der Waals surface area contributed by atoms with Crippen LogP contribution in [0.4, 0.5) is 4.39 Å². The molecule has 0 saturated heterocycles. The fourth-order valence-electron chi connectivity index (χ4n) is 4.60. The predicted molar refractivity (Wildman–Crippen MR) is 52.7 cm³/mol. The Morgan fingerprint density at radius 1 is 1.27 bits per heavy atom. The van der Waals surface area contributed by atoms with Gasteiger partial charge in [0.15, 0.2) is 0 Å². The monoisotopic (exact) mass is 213 g/mol. The van der Waals surface area contributed by atoms with Gasteiger partial charge in [-0.05, 0) is 49.9 Å². The van der Waals surface area contributed by atoms with E-state index in [4.69, 9.17) is 0 Å². The molecule has 4 rings (SSSR count). The van der Waals surface area contributed by atoms with Gasteiger partial charge in [-0.1, -0.05) is 0 Å². The summed E-state index contributed by atoms with van der Waals surface area (Å²) in [6.45, 7) is 0.0726. The number of nitro groups is 1. The second-order valence-electron chi connectivity index (χ2n) is 5.91. The zero-order valence-electron chi connectivity index (χ0n) is 8.69. The van der Waals surface area contributed by atoms with Crippen LogP contribution in [-0.2, 0) is 0 Å². The van der Waals surface area contributed by atoms with Gasteiger partial charge in [-0.25, -0.2) is 4.39 Å². The summed E-state index contributed by atoms with van der Waals surface area (Å²) < 4.78 is 13.8. The molecule has 4 aliphatic carbocycles. The van der Waals surface area contributed by atoms with E-state index in [0.717, 1.165) is 32.1 Å². The lowest BCUT2D eigenvalue weighted by atomic mass is 9.49. The standard InChI is InChI=1S/C11H16FNO2/c12-10-8-1-7-2-9(10)5-11(3-7,4-8)6-13(14)15/h7-10H,1-6H2/t7?,8-,9?,10?,11?/m0/s1. The number of hydrogen-bond donors (Lipinski definition) is 0. The quantitative estimate of drug-likeness (QED) is 0.522. The van der Waals surface area contributed by atoms with Crippen LogP contribution in [0.1, 0.15) is 32.1 Å². The largest absolute Gasteiger partial charge is 0.265 e. The van der Waals surface area contributed by atoms with Gasteiger partial charge in [0, 0.05) is 10.3 Å². The van der Waals surface area contributed by atoms with E-state index >= 15 is 0 Å². The molecule has 0 heterocycles. The Balaban J connectivity index is 1.85. The minimum absolute atomic E-state index is 0.0726. The molecule has 4 fully saturated rings. The van der Waals surface area contributed by atoms with Crippen LogP contribution in [0.5, 0.6) is 0 Å². The number of hydrogen-bond acceptors (Lipinski definition) is 2. The molecule has 0 aromatic heterocycles. The van der Waals surface area contributed by atoms with Crippen LogP contribution >= 0.6 is 0 Å². The van der Waals surface area contributed by atoms with E-state index in [-0.39, 0.29) is 28.7 Å². The summed E-state index contributed by atoms with van der Waals surface area (Å²) in [4.78, 5) is 10.5. The first-order chi connectivity index (χ1) is 7.08. The zero-order valence-corrected chi connectivity index (χ0v) is 8.69. The molecule has 0 N–H and O–H groups in total. The van der Waals surface area contributed by atoms with Gasteiger partial charge >= 0.3 is 0 Å². The van der Waals surface area contributed by atoms with Gasteiger partial charge in [0.2, 0.25) is 6.54 Å². The van der Waals surface area contributed by atoms with E-state index in [1.165, 1.54) is 0 Å². The Kier molecular flexibility index (Phi) is 1.86. The Hall–Kier alpha value is -0.670. The van der Waals surface area contributed by atoms with Crippen molar-refractivity contribution in [3.8, 4) is 0 Å². The minimum Gasteiger partial charge on any atom is -0.265 e. The van der Waals surface area contributed by atoms with Crippen molar-refractivity contribution in [3.05, 3.63) is 10.1 Å². The lowest BCUT2D eigenvalue weighted by Gasteiger charge is -2.56. The minimum atomic E-state index is -0.665. The Morgan fingerprint density at radius 3 is 2.40 bits per heavy atom. The number of halogens is 1. The number of rotatable bonds is 2. The Morgan fingerprint density at radius 2 is 1.87 bits per heavy atom. The van der Waals surface area contributed by atoms with E-state index in [1.54, 1.807) is 0 Å². The predicted octanol–water partition coefficient (Wildman–Crippen LogP) is 2.43. The summed E-state index contributed by atoms with van der Waals surface area (Å²) in [6, 6.07) is 0. The van der Waals surface area contributed by atoms with Crippen molar-refractivity contribution in [2.45, 2.75) is 38.3 Å². The van der Waals surface area contributed by atoms with Crippen LogP contribution in [0.2, 0.25) is 0 Å². The number of alkyl halides is 1. The molecule has 0 spiro atoms. The van der Waals surface area contributed by atoms with E-state index in [9.17, 15) is 14.5 Å². The molecular formula is C11H16FNO2. The first-order valence-electron chi connectivity index (χ1n) is 5.84. The topological polar surface area (TPSA) is 43.1 Å². The summed E-state index contributed by atoms with van der Waals surface area (Å²) >= 11 is 0. The fraction of sp³-hybridized carbons (Fsp3) is 1.00. The van der Waals surface area contributed by atoms with Crippen LogP contribution < -0.4 is 0 Å². The summed E-state index contributed by atoms with van der Waals surface area (Å²) in [7, 11) is 0. The number of nitrogens with zero attached hydrogens (tertiary/aromatic N) is 1. The Labute approximate surface area is 88.2 Å². The molecular weight excluding hydrogens is 197 g/mol. The highest BCUT2D eigenvalue weighted by Crippen LogP contribution is 2.60. The van der Waals surface area contributed by atoms with Gasteiger partial charge in [-0.15, -0.1) is 0 Å². The second kappa shape index (κ2) is 2.92. The lowest BCUT2D eigenvalue weighted by molar-refractivity contribution is -0.503. The first-order valence-corrected chi connectivity index (χ1v) is 5.84. The van der Waals surface area contributed by atoms with E-state index in [0.29, 0.717) is 5.92 Å². The van der Waals surface area contributed by atoms with Crippen LogP contribution in [0.15, 0.2) is 0 Å². The summed E-state index contributed by atoms with van der Waals surface area (Å²) in [5.41, 5.74) is -0.136. The third kappa shape index (κ3) is 1.37. The molecule has 4 unspecified atom stereocenters. The van der Waals surface area contributed by atoms with Crippen molar-refractivity contribution in [2.75, 3.05) is 6.54 Å². The molecule has 0 aromatic rings. The highest BCUT2D eigenvalue weighted by atomic mass is 19.1. The van der Waals surface area contributed by atoms with Gasteiger partial charge in [0.1, 0.15) is 6.17 Å². The molecule has 4 heteroatoms. The van der Waals surface area contributed by atoms with Crippen LogP contribution in [0, 0.1) is 33.3 Å². The molecule has 5 atom stereocenters. The maximum Gasteiger partial charge on any atom is 0.209 e. The average Bonchev–Trinajstić information content (AvgIpc) is 2.10. The van der Waals surface area contributed by atoms with Crippen LogP contribution in [0.25, 0.3) is 0 Å². The molecule has 0 aromatic carbocycles. The van der Waals surface area contributed by atoms with Crippen molar-refractivity contribution in [1.82, 2.24) is 0 Å². The summed E-state index contributed by atoms with van der Waals surface area (Å²) in [6.07, 6.45) is 3.81. The fourth-order valence-corrected chi connectivity index (χ4v) is 4.60. The highest BCUT2D eigenvalue weighted by molar-refractivity contribution is 5.05. The lowest BCUT2D eigenvalue weighted by Crippen LogP contribution is -2.54. The highest BCUT2D eigenvalue weighted by Gasteiger charge is 2.57. The maximum absolute atomic E-state index is 13.8. The smallest absolute Gasteiger partial charge is 0.209 e.